The third-order valence-corrected chi connectivity index (χ3v) is 3.74. The highest BCUT2D eigenvalue weighted by Crippen LogP contribution is 2.18. The number of nitrogens with one attached hydrogen (secondary N) is 1. The summed E-state index contributed by atoms with van der Waals surface area (Å²) in [5, 5.41) is 2.86. The largest absolute Gasteiger partial charge is 0.355 e. The van der Waals surface area contributed by atoms with E-state index in [2.05, 4.69) is 5.32 Å². The van der Waals surface area contributed by atoms with Gasteiger partial charge in [0.05, 0.1) is 5.92 Å². The van der Waals surface area contributed by atoms with Crippen LogP contribution in [0.5, 0.6) is 0 Å². The number of hydrogen-bond acceptors (Lipinski definition) is 2. The topological polar surface area (TPSA) is 55.1 Å². The summed E-state index contributed by atoms with van der Waals surface area (Å²) in [7, 11) is 0. The molecule has 0 saturated heterocycles. The van der Waals surface area contributed by atoms with Crippen molar-refractivity contribution >= 4 is 18.3 Å². The predicted molar refractivity (Wildman–Crippen MR) is 92.9 cm³/mol. The molecule has 23 heavy (non-hydrogen) atoms. The minimum atomic E-state index is -0.338. The second-order valence-electron chi connectivity index (χ2n) is 5.40. The number of hydrogen-bond donors (Lipinski definition) is 2. The van der Waals surface area contributed by atoms with Crippen LogP contribution in [0.3, 0.4) is 0 Å². The van der Waals surface area contributed by atoms with Gasteiger partial charge in [0.15, 0.2) is 0 Å². The monoisotopic (exact) mass is 336 g/mol. The van der Waals surface area contributed by atoms with Crippen LogP contribution in [-0.4, -0.2) is 12.5 Å². The summed E-state index contributed by atoms with van der Waals surface area (Å²) in [5.74, 6) is -0.675. The zero-order valence-corrected chi connectivity index (χ0v) is 13.9. The van der Waals surface area contributed by atoms with Crippen LogP contribution in [0.25, 0.3) is 0 Å². The molecule has 2 aromatic carbocycles. The van der Waals surface area contributed by atoms with Gasteiger partial charge in [-0.3, -0.25) is 4.79 Å². The predicted octanol–water partition coefficient (Wildman–Crippen LogP) is 3.24. The molecular formula is C18H22ClFN2O. The van der Waals surface area contributed by atoms with Gasteiger partial charge in [0.2, 0.25) is 5.91 Å². The molecule has 2 aromatic rings. The van der Waals surface area contributed by atoms with Gasteiger partial charge in [-0.25, -0.2) is 4.39 Å². The molecule has 0 aliphatic rings. The summed E-state index contributed by atoms with van der Waals surface area (Å²) in [6.07, 6.45) is 0.594. The molecule has 0 radical (unpaired) electrons. The Hall–Kier alpha value is -1.91. The normalized spacial score (nSPS) is 12.8. The highest BCUT2D eigenvalue weighted by Gasteiger charge is 2.21. The van der Waals surface area contributed by atoms with E-state index < -0.39 is 0 Å². The van der Waals surface area contributed by atoms with Gasteiger partial charge in [-0.2, -0.15) is 0 Å². The summed E-state index contributed by atoms with van der Waals surface area (Å²) < 4.78 is 13.1. The molecule has 3 N–H and O–H groups in total. The Morgan fingerprint density at radius 2 is 1.87 bits per heavy atom. The average Bonchev–Trinajstić information content (AvgIpc) is 2.54. The van der Waals surface area contributed by atoms with Crippen molar-refractivity contribution in [2.45, 2.75) is 19.4 Å². The van der Waals surface area contributed by atoms with E-state index >= 15 is 0 Å². The summed E-state index contributed by atoms with van der Waals surface area (Å²) >= 11 is 0. The van der Waals surface area contributed by atoms with Crippen molar-refractivity contribution in [3.63, 3.8) is 0 Å². The third-order valence-electron chi connectivity index (χ3n) is 3.74. The van der Waals surface area contributed by atoms with Crippen molar-refractivity contribution in [3.8, 4) is 0 Å². The second kappa shape index (κ2) is 9.28. The Kier molecular flexibility index (Phi) is 7.72. The SMILES string of the molecule is CC(C(=O)NCCc1cccc(F)c1)C(N)c1ccccc1.Cl. The maximum atomic E-state index is 13.1. The highest BCUT2D eigenvalue weighted by molar-refractivity contribution is 5.85. The van der Waals surface area contributed by atoms with Crippen LogP contribution >= 0.6 is 12.4 Å². The lowest BCUT2D eigenvalue weighted by atomic mass is 9.94. The van der Waals surface area contributed by atoms with Crippen molar-refractivity contribution in [1.29, 1.82) is 0 Å². The second-order valence-corrected chi connectivity index (χ2v) is 5.40. The zero-order valence-electron chi connectivity index (χ0n) is 13.0. The number of amides is 1. The van der Waals surface area contributed by atoms with Gasteiger partial charge in [-0.15, -0.1) is 12.4 Å². The average molecular weight is 337 g/mol. The van der Waals surface area contributed by atoms with Gasteiger partial charge < -0.3 is 11.1 Å². The fourth-order valence-corrected chi connectivity index (χ4v) is 2.31. The van der Waals surface area contributed by atoms with E-state index in [-0.39, 0.29) is 36.1 Å². The maximum absolute atomic E-state index is 13.1. The highest BCUT2D eigenvalue weighted by atomic mass is 35.5. The lowest BCUT2D eigenvalue weighted by molar-refractivity contribution is -0.125. The van der Waals surface area contributed by atoms with Gasteiger partial charge in [0, 0.05) is 12.6 Å². The van der Waals surface area contributed by atoms with E-state index in [1.807, 2.05) is 43.3 Å². The van der Waals surface area contributed by atoms with Crippen LogP contribution in [-0.2, 0) is 11.2 Å². The number of halogens is 2. The number of carbonyl (C=O) groups excluding carboxylic acids is 1. The van der Waals surface area contributed by atoms with Crippen LogP contribution in [0.1, 0.15) is 24.1 Å². The smallest absolute Gasteiger partial charge is 0.224 e. The number of benzene rings is 2. The van der Waals surface area contributed by atoms with E-state index in [4.69, 9.17) is 5.73 Å². The quantitative estimate of drug-likeness (QED) is 0.850. The lowest BCUT2D eigenvalue weighted by Crippen LogP contribution is -2.36. The molecule has 2 atom stereocenters. The Morgan fingerprint density at radius 1 is 1.17 bits per heavy atom. The molecule has 0 heterocycles. The molecule has 0 spiro atoms. The van der Waals surface area contributed by atoms with Crippen LogP contribution in [0, 0.1) is 11.7 Å². The molecule has 0 fully saturated rings. The Bertz CT molecular complexity index is 621. The summed E-state index contributed by atoms with van der Waals surface area (Å²) in [6.45, 7) is 2.28. The number of rotatable bonds is 6. The fourth-order valence-electron chi connectivity index (χ4n) is 2.31. The molecule has 1 amide bonds. The van der Waals surface area contributed by atoms with E-state index in [1.54, 1.807) is 6.07 Å². The van der Waals surface area contributed by atoms with Gasteiger partial charge in [0.25, 0.3) is 0 Å². The standard InChI is InChI=1S/C18H21FN2O.ClH/c1-13(17(20)15-7-3-2-4-8-15)18(22)21-11-10-14-6-5-9-16(19)12-14;/h2-9,12-13,17H,10-11,20H2,1H3,(H,21,22);1H. The minimum absolute atomic E-state index is 0. The fraction of sp³-hybridized carbons (Fsp3) is 0.278. The van der Waals surface area contributed by atoms with Gasteiger partial charge in [-0.05, 0) is 29.7 Å². The van der Waals surface area contributed by atoms with Crippen LogP contribution < -0.4 is 11.1 Å². The maximum Gasteiger partial charge on any atom is 0.224 e. The summed E-state index contributed by atoms with van der Waals surface area (Å²) in [6, 6.07) is 15.6. The first-order chi connectivity index (χ1) is 10.6. The molecule has 0 aromatic heterocycles. The molecular weight excluding hydrogens is 315 g/mol. The van der Waals surface area contributed by atoms with Crippen molar-refractivity contribution in [2.75, 3.05) is 6.54 Å². The van der Waals surface area contributed by atoms with Gasteiger partial charge >= 0.3 is 0 Å². The lowest BCUT2D eigenvalue weighted by Gasteiger charge is -2.19. The summed E-state index contributed by atoms with van der Waals surface area (Å²) in [5.41, 5.74) is 7.93. The molecule has 2 unspecified atom stereocenters. The molecule has 2 rings (SSSR count). The van der Waals surface area contributed by atoms with E-state index in [1.165, 1.54) is 12.1 Å². The van der Waals surface area contributed by atoms with Crippen molar-refractivity contribution < 1.29 is 9.18 Å². The molecule has 0 saturated carbocycles. The van der Waals surface area contributed by atoms with E-state index in [9.17, 15) is 9.18 Å². The van der Waals surface area contributed by atoms with Gasteiger partial charge in [0.1, 0.15) is 5.82 Å². The Morgan fingerprint density at radius 3 is 2.52 bits per heavy atom. The first-order valence-corrected chi connectivity index (χ1v) is 7.40. The molecule has 0 bridgehead atoms. The van der Waals surface area contributed by atoms with E-state index in [0.29, 0.717) is 13.0 Å². The molecule has 3 nitrogen and oxygen atoms in total. The molecule has 0 aliphatic heterocycles. The van der Waals surface area contributed by atoms with Gasteiger partial charge in [-0.1, -0.05) is 49.4 Å². The minimum Gasteiger partial charge on any atom is -0.355 e. The zero-order chi connectivity index (χ0) is 15.9. The van der Waals surface area contributed by atoms with Crippen molar-refractivity contribution in [1.82, 2.24) is 5.32 Å². The third kappa shape index (κ3) is 5.66. The van der Waals surface area contributed by atoms with Crippen molar-refractivity contribution in [2.24, 2.45) is 11.7 Å². The molecule has 124 valence electrons. The Labute approximate surface area is 142 Å². The number of carbonyl (C=O) groups is 1. The van der Waals surface area contributed by atoms with Crippen molar-refractivity contribution in [3.05, 3.63) is 71.5 Å². The van der Waals surface area contributed by atoms with Crippen LogP contribution in [0.2, 0.25) is 0 Å². The summed E-state index contributed by atoms with van der Waals surface area (Å²) in [4.78, 5) is 12.1. The Balaban J connectivity index is 0.00000264. The number of nitrogens with two attached hydrogens (primary N) is 1. The first-order valence-electron chi connectivity index (χ1n) is 7.40. The van der Waals surface area contributed by atoms with E-state index in [0.717, 1.165) is 11.1 Å². The molecule has 0 aliphatic carbocycles. The van der Waals surface area contributed by atoms with Crippen LogP contribution in [0.4, 0.5) is 4.39 Å². The van der Waals surface area contributed by atoms with Crippen LogP contribution in [0.15, 0.2) is 54.6 Å². The molecule has 5 heteroatoms. The first kappa shape index (κ1) is 19.1.